The zero-order valence-corrected chi connectivity index (χ0v) is 19.2. The normalized spacial score (nSPS) is 17.3. The minimum atomic E-state index is -0.446. The minimum absolute atomic E-state index is 0.0978. The van der Waals surface area contributed by atoms with Crippen molar-refractivity contribution in [1.29, 1.82) is 0 Å². The number of halogens is 1. The number of nitrogens with zero attached hydrogens (tertiary/aromatic N) is 2. The van der Waals surface area contributed by atoms with Crippen LogP contribution in [0.1, 0.15) is 36.9 Å². The van der Waals surface area contributed by atoms with Gasteiger partial charge in [0.1, 0.15) is 5.82 Å². The second kappa shape index (κ2) is 10.0. The molecule has 0 fully saturated rings. The maximum Gasteiger partial charge on any atom is 0.338 e. The summed E-state index contributed by atoms with van der Waals surface area (Å²) in [6, 6.07) is 15.3. The number of nitrogens with one attached hydrogen (secondary N) is 1. The Labute approximate surface area is 196 Å². The number of benzene rings is 2. The number of rotatable bonds is 7. The molecular formula is C25H24FN3O3S. The van der Waals surface area contributed by atoms with Gasteiger partial charge in [-0.3, -0.25) is 4.79 Å². The van der Waals surface area contributed by atoms with Gasteiger partial charge in [0.25, 0.3) is 0 Å². The lowest BCUT2D eigenvalue weighted by atomic mass is 9.93. The van der Waals surface area contributed by atoms with E-state index in [1.54, 1.807) is 12.1 Å². The number of methoxy groups -OCH3 is 1. The van der Waals surface area contributed by atoms with E-state index in [1.165, 1.54) is 31.0 Å². The molecule has 4 rings (SSSR count). The molecule has 0 aromatic heterocycles. The summed E-state index contributed by atoms with van der Waals surface area (Å²) in [6.45, 7) is 2.18. The van der Waals surface area contributed by atoms with Gasteiger partial charge >= 0.3 is 5.97 Å². The molecular weight excluding hydrogens is 441 g/mol. The number of fused-ring (bicyclic) bond motifs is 1. The molecule has 2 aliphatic rings. The number of amides is 1. The van der Waals surface area contributed by atoms with E-state index in [1.807, 2.05) is 47.6 Å². The number of aliphatic imine (C=N–C) groups is 1. The highest BCUT2D eigenvalue weighted by Gasteiger charge is 2.41. The van der Waals surface area contributed by atoms with E-state index in [9.17, 15) is 14.0 Å². The van der Waals surface area contributed by atoms with Crippen LogP contribution in [0.3, 0.4) is 0 Å². The Balaban J connectivity index is 1.60. The van der Waals surface area contributed by atoms with Crippen LogP contribution in [0, 0.1) is 5.82 Å². The molecule has 2 heterocycles. The van der Waals surface area contributed by atoms with Crippen molar-refractivity contribution in [3.8, 4) is 0 Å². The fourth-order valence-electron chi connectivity index (χ4n) is 3.94. The summed E-state index contributed by atoms with van der Waals surface area (Å²) in [7, 11) is 1.36. The lowest BCUT2D eigenvalue weighted by Crippen LogP contribution is -2.38. The standard InChI is InChI=1S/C25H24FN3O3S/c1-3-20-22(24(31)32-2)23(17-9-5-4-6-10-17)29-19(15-33-25(29)28-20)13-21(30)27-14-16-8-7-11-18(26)12-16/h4-12,15,23H,3,13-14H2,1-2H3,(H,27,30)/t23-/m0/s1. The van der Waals surface area contributed by atoms with Gasteiger partial charge in [0.15, 0.2) is 5.17 Å². The van der Waals surface area contributed by atoms with Crippen LogP contribution in [0.15, 0.2) is 82.0 Å². The van der Waals surface area contributed by atoms with Crippen molar-refractivity contribution in [2.24, 2.45) is 4.99 Å². The van der Waals surface area contributed by atoms with Crippen molar-refractivity contribution in [3.63, 3.8) is 0 Å². The zero-order valence-electron chi connectivity index (χ0n) is 18.4. The highest BCUT2D eigenvalue weighted by molar-refractivity contribution is 8.16. The number of esters is 1. The first-order valence-corrected chi connectivity index (χ1v) is 11.5. The Kier molecular flexibility index (Phi) is 6.93. The lowest BCUT2D eigenvalue weighted by molar-refractivity contribution is -0.136. The van der Waals surface area contributed by atoms with E-state index in [4.69, 9.17) is 9.73 Å². The summed E-state index contributed by atoms with van der Waals surface area (Å²) in [5.41, 5.74) is 3.48. The summed E-state index contributed by atoms with van der Waals surface area (Å²) >= 11 is 1.43. The Hall–Kier alpha value is -3.39. The molecule has 33 heavy (non-hydrogen) atoms. The lowest BCUT2D eigenvalue weighted by Gasteiger charge is -2.36. The molecule has 2 aromatic rings. The molecule has 0 aliphatic carbocycles. The molecule has 8 heteroatoms. The van der Waals surface area contributed by atoms with Gasteiger partial charge < -0.3 is 15.0 Å². The van der Waals surface area contributed by atoms with Crippen molar-refractivity contribution >= 4 is 28.8 Å². The minimum Gasteiger partial charge on any atom is -0.466 e. The molecule has 0 bridgehead atoms. The van der Waals surface area contributed by atoms with Crippen LogP contribution in [0.4, 0.5) is 4.39 Å². The number of thioether (sulfide) groups is 1. The van der Waals surface area contributed by atoms with Crippen molar-refractivity contribution < 1.29 is 18.7 Å². The predicted molar refractivity (Wildman–Crippen MR) is 126 cm³/mol. The highest BCUT2D eigenvalue weighted by Crippen LogP contribution is 2.45. The highest BCUT2D eigenvalue weighted by atomic mass is 32.2. The van der Waals surface area contributed by atoms with Crippen molar-refractivity contribution in [2.45, 2.75) is 32.4 Å². The summed E-state index contributed by atoms with van der Waals surface area (Å²) in [5.74, 6) is -0.982. The number of ether oxygens (including phenoxy) is 1. The van der Waals surface area contributed by atoms with Crippen LogP contribution in [-0.2, 0) is 20.9 Å². The van der Waals surface area contributed by atoms with Crippen LogP contribution in [0.25, 0.3) is 0 Å². The van der Waals surface area contributed by atoms with E-state index in [0.29, 0.717) is 23.3 Å². The third-order valence-electron chi connectivity index (χ3n) is 5.46. The van der Waals surface area contributed by atoms with Crippen LogP contribution >= 0.6 is 11.8 Å². The summed E-state index contributed by atoms with van der Waals surface area (Å²) in [5, 5.41) is 5.46. The van der Waals surface area contributed by atoms with E-state index in [0.717, 1.165) is 16.4 Å². The number of carbonyl (C=O) groups excluding carboxylic acids is 2. The fourth-order valence-corrected chi connectivity index (χ4v) is 4.88. The summed E-state index contributed by atoms with van der Waals surface area (Å²) in [6.07, 6.45) is 0.676. The predicted octanol–water partition coefficient (Wildman–Crippen LogP) is 4.67. The maximum absolute atomic E-state index is 13.4. The topological polar surface area (TPSA) is 71.0 Å². The molecule has 0 unspecified atom stereocenters. The molecule has 0 saturated heterocycles. The quantitative estimate of drug-likeness (QED) is 0.602. The number of hydrogen-bond donors (Lipinski definition) is 1. The monoisotopic (exact) mass is 465 g/mol. The Bertz CT molecular complexity index is 1160. The smallest absolute Gasteiger partial charge is 0.338 e. The molecule has 0 radical (unpaired) electrons. The molecule has 2 aromatic carbocycles. The van der Waals surface area contributed by atoms with Crippen molar-refractivity contribution in [2.75, 3.05) is 7.11 Å². The first-order valence-electron chi connectivity index (χ1n) is 10.6. The van der Waals surface area contributed by atoms with Crippen LogP contribution in [-0.4, -0.2) is 29.1 Å². The second-order valence-electron chi connectivity index (χ2n) is 7.59. The maximum atomic E-state index is 13.4. The molecule has 1 N–H and O–H groups in total. The van der Waals surface area contributed by atoms with Gasteiger partial charge in [-0.05, 0) is 35.1 Å². The van der Waals surface area contributed by atoms with E-state index >= 15 is 0 Å². The fraction of sp³-hybridized carbons (Fsp3) is 0.240. The first-order chi connectivity index (χ1) is 16.0. The van der Waals surface area contributed by atoms with Crippen molar-refractivity contribution in [1.82, 2.24) is 10.2 Å². The SMILES string of the molecule is CCC1=C(C(=O)OC)[C@H](c2ccccc2)N2C(CC(=O)NCc3cccc(F)c3)=CSC2=N1. The average Bonchev–Trinajstić information content (AvgIpc) is 3.23. The van der Waals surface area contributed by atoms with Gasteiger partial charge in [-0.15, -0.1) is 0 Å². The van der Waals surface area contributed by atoms with Gasteiger partial charge in [-0.2, -0.15) is 0 Å². The molecule has 1 atom stereocenters. The number of amidine groups is 1. The molecule has 0 spiro atoms. The number of allylic oxidation sites excluding steroid dienone is 1. The summed E-state index contributed by atoms with van der Waals surface area (Å²) in [4.78, 5) is 32.2. The van der Waals surface area contributed by atoms with Crippen LogP contribution in [0.5, 0.6) is 0 Å². The van der Waals surface area contributed by atoms with E-state index < -0.39 is 12.0 Å². The average molecular weight is 466 g/mol. The zero-order chi connectivity index (χ0) is 23.4. The largest absolute Gasteiger partial charge is 0.466 e. The Morgan fingerprint density at radius 1 is 1.18 bits per heavy atom. The first kappa shape index (κ1) is 22.8. The Morgan fingerprint density at radius 2 is 1.97 bits per heavy atom. The van der Waals surface area contributed by atoms with Gasteiger partial charge in [0, 0.05) is 12.2 Å². The van der Waals surface area contributed by atoms with Gasteiger partial charge in [-0.1, -0.05) is 61.2 Å². The van der Waals surface area contributed by atoms with E-state index in [2.05, 4.69) is 5.32 Å². The molecule has 0 saturated carbocycles. The van der Waals surface area contributed by atoms with Crippen LogP contribution < -0.4 is 5.32 Å². The van der Waals surface area contributed by atoms with E-state index in [-0.39, 0.29) is 24.7 Å². The second-order valence-corrected chi connectivity index (χ2v) is 8.43. The molecule has 1 amide bonds. The third-order valence-corrected chi connectivity index (χ3v) is 6.35. The number of carbonyl (C=O) groups is 2. The van der Waals surface area contributed by atoms with Gasteiger partial charge in [0.2, 0.25) is 5.91 Å². The van der Waals surface area contributed by atoms with Gasteiger partial charge in [0.05, 0.1) is 30.8 Å². The van der Waals surface area contributed by atoms with Crippen LogP contribution in [0.2, 0.25) is 0 Å². The molecule has 2 aliphatic heterocycles. The third kappa shape index (κ3) is 4.85. The van der Waals surface area contributed by atoms with Gasteiger partial charge in [-0.25, -0.2) is 14.2 Å². The Morgan fingerprint density at radius 3 is 2.67 bits per heavy atom. The molecule has 6 nitrogen and oxygen atoms in total. The summed E-state index contributed by atoms with van der Waals surface area (Å²) < 4.78 is 18.5. The number of hydrogen-bond acceptors (Lipinski definition) is 6. The van der Waals surface area contributed by atoms with Crippen molar-refractivity contribution in [3.05, 3.63) is 93.9 Å². The molecule has 170 valence electrons.